The molecule has 25 heavy (non-hydrogen) atoms. The number of thioether (sulfide) groups is 1. The SMILES string of the molecule is Cc1ccc(NC(=O)CSc2nnc(-c3c(Cl)cccc3Cl)o2)cc1. The molecular weight excluding hydrogens is 381 g/mol. The molecule has 0 aliphatic rings. The van der Waals surface area contributed by atoms with Crippen LogP contribution in [0, 0.1) is 6.92 Å². The number of nitrogens with zero attached hydrogens (tertiary/aromatic N) is 2. The number of halogens is 2. The molecule has 1 amide bonds. The Morgan fingerprint density at radius 3 is 2.48 bits per heavy atom. The first-order valence-corrected chi connectivity index (χ1v) is 9.04. The van der Waals surface area contributed by atoms with Gasteiger partial charge in [-0.2, -0.15) is 0 Å². The fourth-order valence-electron chi connectivity index (χ4n) is 2.03. The van der Waals surface area contributed by atoms with Crippen LogP contribution in [0.2, 0.25) is 10.0 Å². The molecule has 0 aliphatic heterocycles. The minimum absolute atomic E-state index is 0.145. The van der Waals surface area contributed by atoms with Crippen molar-refractivity contribution in [2.75, 3.05) is 11.1 Å². The topological polar surface area (TPSA) is 68.0 Å². The van der Waals surface area contributed by atoms with Crippen molar-refractivity contribution in [2.45, 2.75) is 12.1 Å². The van der Waals surface area contributed by atoms with Crippen LogP contribution in [0.1, 0.15) is 5.56 Å². The van der Waals surface area contributed by atoms with Crippen molar-refractivity contribution in [2.24, 2.45) is 0 Å². The third kappa shape index (κ3) is 4.54. The lowest BCUT2D eigenvalue weighted by molar-refractivity contribution is -0.113. The molecule has 1 aromatic heterocycles. The van der Waals surface area contributed by atoms with Gasteiger partial charge in [0.2, 0.25) is 5.91 Å². The molecule has 0 unspecified atom stereocenters. The van der Waals surface area contributed by atoms with Gasteiger partial charge in [-0.15, -0.1) is 10.2 Å². The first-order valence-electron chi connectivity index (χ1n) is 7.30. The van der Waals surface area contributed by atoms with E-state index in [2.05, 4.69) is 15.5 Å². The number of carbonyl (C=O) groups excluding carboxylic acids is 1. The Balaban J connectivity index is 1.62. The maximum absolute atomic E-state index is 12.0. The van der Waals surface area contributed by atoms with Gasteiger partial charge in [-0.05, 0) is 31.2 Å². The fraction of sp³-hybridized carbons (Fsp3) is 0.118. The zero-order chi connectivity index (χ0) is 17.8. The standard InChI is InChI=1S/C17H13Cl2N3O2S/c1-10-5-7-11(8-6-10)20-14(23)9-25-17-22-21-16(24-17)15-12(18)3-2-4-13(15)19/h2-8H,9H2,1H3,(H,20,23). The third-order valence-corrected chi connectivity index (χ3v) is 4.69. The van der Waals surface area contributed by atoms with E-state index in [-0.39, 0.29) is 22.8 Å². The number of rotatable bonds is 5. The van der Waals surface area contributed by atoms with Crippen molar-refractivity contribution in [3.63, 3.8) is 0 Å². The Kier molecular flexibility index (Phi) is 5.63. The van der Waals surface area contributed by atoms with Crippen molar-refractivity contribution in [3.05, 3.63) is 58.1 Å². The summed E-state index contributed by atoms with van der Waals surface area (Å²) in [6.45, 7) is 1.99. The van der Waals surface area contributed by atoms with E-state index in [9.17, 15) is 4.79 Å². The summed E-state index contributed by atoms with van der Waals surface area (Å²) in [6.07, 6.45) is 0. The number of carbonyl (C=O) groups is 1. The number of benzene rings is 2. The van der Waals surface area contributed by atoms with Gasteiger partial charge in [0, 0.05) is 5.69 Å². The number of aryl methyl sites for hydroxylation is 1. The fourth-order valence-corrected chi connectivity index (χ4v) is 3.15. The number of nitrogens with one attached hydrogen (secondary N) is 1. The van der Waals surface area contributed by atoms with Crippen LogP contribution in [0.15, 0.2) is 52.1 Å². The van der Waals surface area contributed by atoms with Gasteiger partial charge in [0.1, 0.15) is 0 Å². The van der Waals surface area contributed by atoms with E-state index in [4.69, 9.17) is 27.6 Å². The van der Waals surface area contributed by atoms with Crippen LogP contribution in [0.25, 0.3) is 11.5 Å². The predicted octanol–water partition coefficient (Wildman–Crippen LogP) is 5.08. The third-order valence-electron chi connectivity index (χ3n) is 3.25. The highest BCUT2D eigenvalue weighted by Crippen LogP contribution is 2.34. The van der Waals surface area contributed by atoms with Crippen LogP contribution < -0.4 is 5.32 Å². The summed E-state index contributed by atoms with van der Waals surface area (Å²) in [7, 11) is 0. The van der Waals surface area contributed by atoms with Gasteiger partial charge >= 0.3 is 0 Å². The Labute approximate surface area is 158 Å². The molecule has 1 N–H and O–H groups in total. The number of hydrogen-bond donors (Lipinski definition) is 1. The summed E-state index contributed by atoms with van der Waals surface area (Å²) >= 11 is 13.4. The van der Waals surface area contributed by atoms with Crippen LogP contribution in [0.4, 0.5) is 5.69 Å². The highest BCUT2D eigenvalue weighted by molar-refractivity contribution is 7.99. The molecule has 0 radical (unpaired) electrons. The summed E-state index contributed by atoms with van der Waals surface area (Å²) in [4.78, 5) is 12.0. The summed E-state index contributed by atoms with van der Waals surface area (Å²) in [5, 5.41) is 11.8. The highest BCUT2D eigenvalue weighted by atomic mass is 35.5. The molecule has 0 atom stereocenters. The van der Waals surface area contributed by atoms with Crippen LogP contribution >= 0.6 is 35.0 Å². The van der Waals surface area contributed by atoms with E-state index < -0.39 is 0 Å². The van der Waals surface area contributed by atoms with Gasteiger partial charge in [0.15, 0.2) is 0 Å². The summed E-state index contributed by atoms with van der Waals surface area (Å²) in [6, 6.07) is 12.7. The summed E-state index contributed by atoms with van der Waals surface area (Å²) in [5.74, 6) is 0.201. The maximum atomic E-state index is 12.0. The van der Waals surface area contributed by atoms with Crippen LogP contribution in [0.5, 0.6) is 0 Å². The van der Waals surface area contributed by atoms with Crippen LogP contribution in [-0.4, -0.2) is 21.9 Å². The van der Waals surface area contributed by atoms with Gasteiger partial charge < -0.3 is 9.73 Å². The van der Waals surface area contributed by atoms with Crippen molar-refractivity contribution < 1.29 is 9.21 Å². The lowest BCUT2D eigenvalue weighted by Crippen LogP contribution is -2.13. The molecular formula is C17H13Cl2N3O2S. The largest absolute Gasteiger partial charge is 0.411 e. The van der Waals surface area contributed by atoms with Gasteiger partial charge in [-0.25, -0.2) is 0 Å². The summed E-state index contributed by atoms with van der Waals surface area (Å²) < 4.78 is 5.54. The molecule has 128 valence electrons. The Bertz CT molecular complexity index is 877. The molecule has 3 aromatic rings. The van der Waals surface area contributed by atoms with E-state index in [1.54, 1.807) is 18.2 Å². The second kappa shape index (κ2) is 7.91. The summed E-state index contributed by atoms with van der Waals surface area (Å²) in [5.41, 5.74) is 2.35. The minimum atomic E-state index is -0.163. The molecule has 0 aliphatic carbocycles. The minimum Gasteiger partial charge on any atom is -0.411 e. The van der Waals surface area contributed by atoms with E-state index in [1.165, 1.54) is 0 Å². The highest BCUT2D eigenvalue weighted by Gasteiger charge is 2.16. The molecule has 2 aromatic carbocycles. The average molecular weight is 394 g/mol. The number of amides is 1. The first-order chi connectivity index (χ1) is 12.0. The molecule has 0 spiro atoms. The molecule has 8 heteroatoms. The Morgan fingerprint density at radius 1 is 1.12 bits per heavy atom. The molecule has 0 saturated carbocycles. The first kappa shape index (κ1) is 17.8. The van der Waals surface area contributed by atoms with Gasteiger partial charge in [0.25, 0.3) is 11.1 Å². The van der Waals surface area contributed by atoms with Crippen molar-refractivity contribution >= 4 is 46.6 Å². The second-order valence-electron chi connectivity index (χ2n) is 5.17. The van der Waals surface area contributed by atoms with E-state index >= 15 is 0 Å². The van der Waals surface area contributed by atoms with Gasteiger partial charge in [0.05, 0.1) is 21.4 Å². The molecule has 0 bridgehead atoms. The quantitative estimate of drug-likeness (QED) is 0.611. The van der Waals surface area contributed by atoms with Crippen molar-refractivity contribution in [3.8, 4) is 11.5 Å². The zero-order valence-electron chi connectivity index (χ0n) is 13.1. The van der Waals surface area contributed by atoms with E-state index in [0.29, 0.717) is 15.6 Å². The molecule has 0 fully saturated rings. The lowest BCUT2D eigenvalue weighted by atomic mass is 10.2. The van der Waals surface area contributed by atoms with Crippen molar-refractivity contribution in [1.82, 2.24) is 10.2 Å². The lowest BCUT2D eigenvalue weighted by Gasteiger charge is -2.04. The Hall–Kier alpha value is -2.02. The predicted molar refractivity (Wildman–Crippen MR) is 100 cm³/mol. The molecule has 5 nitrogen and oxygen atoms in total. The van der Waals surface area contributed by atoms with Crippen LogP contribution in [-0.2, 0) is 4.79 Å². The maximum Gasteiger partial charge on any atom is 0.277 e. The van der Waals surface area contributed by atoms with Crippen LogP contribution in [0.3, 0.4) is 0 Å². The van der Waals surface area contributed by atoms with E-state index in [1.807, 2.05) is 31.2 Å². The molecule has 3 rings (SSSR count). The number of aromatic nitrogens is 2. The molecule has 0 saturated heterocycles. The number of hydrogen-bond acceptors (Lipinski definition) is 5. The Morgan fingerprint density at radius 2 is 1.80 bits per heavy atom. The van der Waals surface area contributed by atoms with Crippen molar-refractivity contribution in [1.29, 1.82) is 0 Å². The van der Waals surface area contributed by atoms with Gasteiger partial charge in [-0.3, -0.25) is 4.79 Å². The zero-order valence-corrected chi connectivity index (χ0v) is 15.5. The second-order valence-corrected chi connectivity index (χ2v) is 6.91. The van der Waals surface area contributed by atoms with E-state index in [0.717, 1.165) is 23.0 Å². The number of anilines is 1. The smallest absolute Gasteiger partial charge is 0.277 e. The monoisotopic (exact) mass is 393 g/mol. The normalized spacial score (nSPS) is 10.7. The average Bonchev–Trinajstić information content (AvgIpc) is 3.04. The molecule has 1 heterocycles. The van der Waals surface area contributed by atoms with Gasteiger partial charge in [-0.1, -0.05) is 58.7 Å².